The van der Waals surface area contributed by atoms with Gasteiger partial charge in [0.25, 0.3) is 5.56 Å². The number of urea groups is 1. The van der Waals surface area contributed by atoms with E-state index in [1.54, 1.807) is 25.1 Å². The molecule has 34 heavy (non-hydrogen) atoms. The van der Waals surface area contributed by atoms with E-state index in [2.05, 4.69) is 20.3 Å². The first kappa shape index (κ1) is 22.5. The average molecular weight is 518 g/mol. The van der Waals surface area contributed by atoms with Crippen LogP contribution >= 0.6 is 22.9 Å². The van der Waals surface area contributed by atoms with E-state index in [4.69, 9.17) is 11.6 Å². The van der Waals surface area contributed by atoms with Gasteiger partial charge in [0, 0.05) is 17.9 Å². The lowest BCUT2D eigenvalue weighted by Crippen LogP contribution is -2.30. The molecule has 0 spiro atoms. The molecule has 0 radical (unpaired) electrons. The molecule has 3 N–H and O–H groups in total. The maximum atomic E-state index is 15.1. The second-order valence-corrected chi connectivity index (χ2v) is 10.7. The van der Waals surface area contributed by atoms with E-state index in [9.17, 15) is 13.8 Å². The van der Waals surface area contributed by atoms with Crippen LogP contribution in [0.15, 0.2) is 51.5 Å². The van der Waals surface area contributed by atoms with E-state index in [0.29, 0.717) is 25.3 Å². The Balaban J connectivity index is 1.41. The summed E-state index contributed by atoms with van der Waals surface area (Å²) in [4.78, 5) is 29.9. The number of aryl methyl sites for hydroxylation is 1. The number of nitrogens with zero attached hydrogens (tertiary/aromatic N) is 2. The molecule has 0 aliphatic carbocycles. The predicted molar refractivity (Wildman–Crippen MR) is 132 cm³/mol. The van der Waals surface area contributed by atoms with E-state index in [0.717, 1.165) is 41.6 Å². The fourth-order valence-electron chi connectivity index (χ4n) is 3.83. The van der Waals surface area contributed by atoms with Crippen molar-refractivity contribution in [1.29, 1.82) is 0 Å². The molecule has 2 aromatic heterocycles. The molecule has 3 heterocycles. The molecule has 0 fully saturated rings. The Hall–Kier alpha value is -3.28. The SMILES string of the molecule is Cc1nc2cc3c(cc2c(=O)n1-c1ccc(NC(=O)NS(=O)c2ccc(Cl)s2)cc1F)CCN3. The Kier molecular flexibility index (Phi) is 5.84. The fourth-order valence-corrected chi connectivity index (χ4v) is 5.95. The van der Waals surface area contributed by atoms with Gasteiger partial charge in [-0.25, -0.2) is 18.4 Å². The molecular weight excluding hydrogens is 501 g/mol. The van der Waals surface area contributed by atoms with Crippen LogP contribution in [0.1, 0.15) is 11.4 Å². The van der Waals surface area contributed by atoms with Crippen LogP contribution in [-0.2, 0) is 17.4 Å². The molecule has 0 bridgehead atoms. The van der Waals surface area contributed by atoms with Crippen molar-refractivity contribution in [2.45, 2.75) is 17.6 Å². The van der Waals surface area contributed by atoms with Crippen LogP contribution in [0.3, 0.4) is 0 Å². The highest BCUT2D eigenvalue weighted by atomic mass is 35.5. The average Bonchev–Trinajstić information content (AvgIpc) is 3.42. The van der Waals surface area contributed by atoms with Crippen LogP contribution < -0.4 is 20.9 Å². The van der Waals surface area contributed by atoms with Crippen molar-refractivity contribution in [3.63, 3.8) is 0 Å². The first-order valence-corrected chi connectivity index (χ1v) is 12.5. The van der Waals surface area contributed by atoms with Crippen molar-refractivity contribution in [2.75, 3.05) is 17.2 Å². The third kappa shape index (κ3) is 4.17. The Morgan fingerprint density at radius 2 is 2.09 bits per heavy atom. The van der Waals surface area contributed by atoms with Gasteiger partial charge in [-0.3, -0.25) is 14.1 Å². The van der Waals surface area contributed by atoms with Gasteiger partial charge >= 0.3 is 6.03 Å². The van der Waals surface area contributed by atoms with Crippen molar-refractivity contribution in [2.24, 2.45) is 0 Å². The lowest BCUT2D eigenvalue weighted by Gasteiger charge is -2.14. The second kappa shape index (κ2) is 8.82. The summed E-state index contributed by atoms with van der Waals surface area (Å²) < 4.78 is 31.5. The Bertz CT molecular complexity index is 1550. The van der Waals surface area contributed by atoms with Crippen molar-refractivity contribution in [3.8, 4) is 5.69 Å². The summed E-state index contributed by atoms with van der Waals surface area (Å²) in [5, 5.41) is 6.10. The minimum Gasteiger partial charge on any atom is -0.384 e. The lowest BCUT2D eigenvalue weighted by molar-refractivity contribution is 0.257. The zero-order valence-electron chi connectivity index (χ0n) is 17.6. The third-order valence-electron chi connectivity index (χ3n) is 5.33. The number of amides is 2. The van der Waals surface area contributed by atoms with Gasteiger partial charge in [0.15, 0.2) is 11.0 Å². The number of anilines is 2. The normalized spacial score (nSPS) is 13.4. The smallest absolute Gasteiger partial charge is 0.331 e. The molecule has 0 saturated heterocycles. The molecular formula is C22H17ClFN5O3S2. The van der Waals surface area contributed by atoms with Gasteiger partial charge in [-0.15, -0.1) is 11.3 Å². The fraction of sp³-hybridized carbons (Fsp3) is 0.136. The number of rotatable bonds is 4. The lowest BCUT2D eigenvalue weighted by atomic mass is 10.1. The van der Waals surface area contributed by atoms with E-state index in [-0.39, 0.29) is 16.9 Å². The number of hydrogen-bond acceptors (Lipinski definition) is 6. The number of carbonyl (C=O) groups is 1. The topological polar surface area (TPSA) is 105 Å². The van der Waals surface area contributed by atoms with Gasteiger partial charge in [0.2, 0.25) is 0 Å². The van der Waals surface area contributed by atoms with Gasteiger partial charge in [-0.05, 0) is 61.4 Å². The molecule has 1 atom stereocenters. The van der Waals surface area contributed by atoms with Crippen molar-refractivity contribution < 1.29 is 13.4 Å². The maximum Gasteiger partial charge on any atom is 0.331 e. The van der Waals surface area contributed by atoms with Crippen molar-refractivity contribution in [1.82, 2.24) is 14.3 Å². The van der Waals surface area contributed by atoms with E-state index >= 15 is 4.39 Å². The highest BCUT2D eigenvalue weighted by Gasteiger charge is 2.18. The molecule has 8 nitrogen and oxygen atoms in total. The Morgan fingerprint density at radius 3 is 2.82 bits per heavy atom. The summed E-state index contributed by atoms with van der Waals surface area (Å²) in [7, 11) is -1.81. The monoisotopic (exact) mass is 517 g/mol. The van der Waals surface area contributed by atoms with Crippen LogP contribution in [-0.4, -0.2) is 26.3 Å². The van der Waals surface area contributed by atoms with E-state index in [1.807, 2.05) is 6.07 Å². The first-order chi connectivity index (χ1) is 16.3. The number of carbonyl (C=O) groups excluding carboxylic acids is 1. The third-order valence-corrected chi connectivity index (χ3v) is 7.94. The number of aromatic nitrogens is 2. The van der Waals surface area contributed by atoms with Crippen LogP contribution in [0.4, 0.5) is 20.6 Å². The molecule has 1 aliphatic rings. The summed E-state index contributed by atoms with van der Waals surface area (Å²) in [6.07, 6.45) is 0.805. The number of nitrogens with one attached hydrogen (secondary N) is 3. The molecule has 4 aromatic rings. The minimum absolute atomic E-state index is 0.0123. The highest BCUT2D eigenvalue weighted by molar-refractivity contribution is 7.86. The quantitative estimate of drug-likeness (QED) is 0.373. The number of thiophene rings is 1. The van der Waals surface area contributed by atoms with Crippen LogP contribution in [0.25, 0.3) is 16.6 Å². The molecule has 1 aliphatic heterocycles. The summed E-state index contributed by atoms with van der Waals surface area (Å²) in [5.41, 5.74) is 2.29. The molecule has 0 saturated carbocycles. The molecule has 2 aromatic carbocycles. The number of halogens is 2. The summed E-state index contributed by atoms with van der Waals surface area (Å²) in [6, 6.07) is 9.90. The summed E-state index contributed by atoms with van der Waals surface area (Å²) >= 11 is 6.89. The standard InChI is InChI=1S/C22H17ClFN5O3S2/c1-11-26-17-10-16-12(6-7-25-16)8-14(17)21(30)29(11)18-3-2-13(9-15(18)24)27-22(31)28-34(32)20-5-4-19(23)33-20/h2-5,8-10,25H,6-7H2,1H3,(H2,27,28,31). The van der Waals surface area contributed by atoms with Crippen molar-refractivity contribution >= 4 is 62.2 Å². The van der Waals surface area contributed by atoms with E-state index in [1.165, 1.54) is 16.7 Å². The maximum absolute atomic E-state index is 15.1. The number of fused-ring (bicyclic) bond motifs is 2. The van der Waals surface area contributed by atoms with Gasteiger partial charge < -0.3 is 10.6 Å². The molecule has 2 amide bonds. The van der Waals surface area contributed by atoms with Crippen LogP contribution in [0, 0.1) is 12.7 Å². The number of hydrogen-bond donors (Lipinski definition) is 3. The largest absolute Gasteiger partial charge is 0.384 e. The Morgan fingerprint density at radius 1 is 1.26 bits per heavy atom. The van der Waals surface area contributed by atoms with Crippen molar-refractivity contribution in [3.05, 3.63) is 74.4 Å². The molecule has 5 rings (SSSR count). The van der Waals surface area contributed by atoms with Gasteiger partial charge in [0.1, 0.15) is 15.9 Å². The summed E-state index contributed by atoms with van der Waals surface area (Å²) in [6.45, 7) is 2.43. The zero-order chi connectivity index (χ0) is 24.0. The molecule has 174 valence electrons. The molecule has 1 unspecified atom stereocenters. The van der Waals surface area contributed by atoms with Gasteiger partial charge in [-0.1, -0.05) is 11.6 Å². The van der Waals surface area contributed by atoms with E-state index < -0.39 is 22.8 Å². The Labute approximate surface area is 204 Å². The summed E-state index contributed by atoms with van der Waals surface area (Å²) in [5.74, 6) is -0.393. The minimum atomic E-state index is -1.81. The highest BCUT2D eigenvalue weighted by Crippen LogP contribution is 2.27. The van der Waals surface area contributed by atoms with Crippen LogP contribution in [0.2, 0.25) is 4.34 Å². The van der Waals surface area contributed by atoms with Gasteiger partial charge in [0.05, 0.1) is 20.9 Å². The van der Waals surface area contributed by atoms with Gasteiger partial charge in [-0.2, -0.15) is 0 Å². The number of benzene rings is 2. The first-order valence-electron chi connectivity index (χ1n) is 10.1. The second-order valence-electron chi connectivity index (χ2n) is 7.55. The predicted octanol–water partition coefficient (Wildman–Crippen LogP) is 4.36. The molecule has 12 heteroatoms. The van der Waals surface area contributed by atoms with Crippen LogP contribution in [0.5, 0.6) is 0 Å². The zero-order valence-corrected chi connectivity index (χ0v) is 20.0.